The molecule has 1 N–H and O–H groups in total. The molecule has 4 heteroatoms. The summed E-state index contributed by atoms with van der Waals surface area (Å²) in [6.07, 6.45) is 1.09. The Labute approximate surface area is 145 Å². The number of halogens is 2. The summed E-state index contributed by atoms with van der Waals surface area (Å²) in [7, 11) is 1.68. The topological polar surface area (TPSA) is 21.3 Å². The minimum Gasteiger partial charge on any atom is -0.497 e. The van der Waals surface area contributed by atoms with E-state index in [-0.39, 0.29) is 6.04 Å². The van der Waals surface area contributed by atoms with Gasteiger partial charge in [-0.15, -0.1) is 0 Å². The molecule has 112 valence electrons. The molecule has 1 unspecified atom stereocenters. The van der Waals surface area contributed by atoms with Crippen LogP contribution in [0.3, 0.4) is 0 Å². The fraction of sp³-hybridized carbons (Fsp3) is 0.294. The van der Waals surface area contributed by atoms with Crippen LogP contribution < -0.4 is 10.1 Å². The van der Waals surface area contributed by atoms with Crippen molar-refractivity contribution >= 4 is 34.2 Å². The summed E-state index contributed by atoms with van der Waals surface area (Å²) in [4.78, 5) is 0. The van der Waals surface area contributed by atoms with Gasteiger partial charge in [-0.25, -0.2) is 0 Å². The number of methoxy groups -OCH3 is 1. The molecular weight excluding hydrogens is 397 g/mol. The zero-order chi connectivity index (χ0) is 15.2. The zero-order valence-electron chi connectivity index (χ0n) is 12.2. The third kappa shape index (κ3) is 4.34. The first-order chi connectivity index (χ1) is 10.2. The predicted octanol–water partition coefficient (Wildman–Crippen LogP) is 5.04. The molecule has 0 radical (unpaired) electrons. The Hall–Kier alpha value is -0.780. The highest BCUT2D eigenvalue weighted by Crippen LogP contribution is 2.28. The molecule has 0 saturated carbocycles. The van der Waals surface area contributed by atoms with E-state index < -0.39 is 0 Å². The van der Waals surface area contributed by atoms with E-state index in [1.165, 1.54) is 11.1 Å². The van der Waals surface area contributed by atoms with Gasteiger partial charge in [-0.3, -0.25) is 0 Å². The van der Waals surface area contributed by atoms with E-state index in [0.29, 0.717) is 0 Å². The van der Waals surface area contributed by atoms with Gasteiger partial charge in [-0.05, 0) is 70.9 Å². The SMILES string of the molecule is CCCNC(c1ccc(OC)cc1)c1ccc(I)c(Cl)c1. The first-order valence-electron chi connectivity index (χ1n) is 6.98. The third-order valence-corrected chi connectivity index (χ3v) is 4.90. The van der Waals surface area contributed by atoms with Crippen LogP contribution in [0, 0.1) is 3.57 Å². The average molecular weight is 416 g/mol. The number of rotatable bonds is 6. The quantitative estimate of drug-likeness (QED) is 0.667. The van der Waals surface area contributed by atoms with Crippen molar-refractivity contribution in [3.8, 4) is 5.75 Å². The van der Waals surface area contributed by atoms with Crippen LogP contribution >= 0.6 is 34.2 Å². The van der Waals surface area contributed by atoms with E-state index in [2.05, 4.69) is 59.1 Å². The number of benzene rings is 2. The van der Waals surface area contributed by atoms with E-state index in [4.69, 9.17) is 16.3 Å². The minimum absolute atomic E-state index is 0.144. The lowest BCUT2D eigenvalue weighted by molar-refractivity contribution is 0.414. The van der Waals surface area contributed by atoms with Crippen LogP contribution in [0.5, 0.6) is 5.75 Å². The highest BCUT2D eigenvalue weighted by Gasteiger charge is 2.14. The molecule has 2 aromatic rings. The van der Waals surface area contributed by atoms with E-state index >= 15 is 0 Å². The van der Waals surface area contributed by atoms with Crippen molar-refractivity contribution in [1.29, 1.82) is 0 Å². The number of ether oxygens (including phenoxy) is 1. The summed E-state index contributed by atoms with van der Waals surface area (Å²) in [6.45, 7) is 3.12. The first-order valence-corrected chi connectivity index (χ1v) is 8.43. The summed E-state index contributed by atoms with van der Waals surface area (Å²) >= 11 is 8.52. The van der Waals surface area contributed by atoms with Crippen LogP contribution in [0.4, 0.5) is 0 Å². The van der Waals surface area contributed by atoms with E-state index in [1.54, 1.807) is 7.11 Å². The van der Waals surface area contributed by atoms with Gasteiger partial charge in [-0.1, -0.05) is 36.7 Å². The van der Waals surface area contributed by atoms with E-state index in [9.17, 15) is 0 Å². The summed E-state index contributed by atoms with van der Waals surface area (Å²) < 4.78 is 6.30. The number of nitrogens with one attached hydrogen (secondary N) is 1. The second-order valence-corrected chi connectivity index (χ2v) is 6.40. The van der Waals surface area contributed by atoms with Crippen molar-refractivity contribution in [3.05, 3.63) is 62.2 Å². The summed E-state index contributed by atoms with van der Waals surface area (Å²) in [5.74, 6) is 0.869. The Morgan fingerprint density at radius 2 is 1.81 bits per heavy atom. The highest BCUT2D eigenvalue weighted by molar-refractivity contribution is 14.1. The maximum absolute atomic E-state index is 6.27. The van der Waals surface area contributed by atoms with Crippen molar-refractivity contribution in [1.82, 2.24) is 5.32 Å². The number of hydrogen-bond acceptors (Lipinski definition) is 2. The van der Waals surface area contributed by atoms with Crippen molar-refractivity contribution in [2.24, 2.45) is 0 Å². The standard InChI is InChI=1S/C17H19ClINO/c1-3-10-20-17(12-4-7-14(21-2)8-5-12)13-6-9-16(19)15(18)11-13/h4-9,11,17,20H,3,10H2,1-2H3. The highest BCUT2D eigenvalue weighted by atomic mass is 127. The van der Waals surface area contributed by atoms with Crippen LogP contribution in [0.25, 0.3) is 0 Å². The van der Waals surface area contributed by atoms with Crippen molar-refractivity contribution in [3.63, 3.8) is 0 Å². The van der Waals surface area contributed by atoms with Gasteiger partial charge in [-0.2, -0.15) is 0 Å². The molecule has 0 fully saturated rings. The van der Waals surface area contributed by atoms with Crippen LogP contribution in [0.1, 0.15) is 30.5 Å². The maximum Gasteiger partial charge on any atom is 0.118 e. The largest absolute Gasteiger partial charge is 0.497 e. The van der Waals surface area contributed by atoms with E-state index in [1.807, 2.05) is 18.2 Å². The van der Waals surface area contributed by atoms with Crippen LogP contribution in [-0.4, -0.2) is 13.7 Å². The Kier molecular flexibility index (Phi) is 6.33. The monoisotopic (exact) mass is 415 g/mol. The molecule has 0 aromatic heterocycles. The van der Waals surface area contributed by atoms with Crippen molar-refractivity contribution < 1.29 is 4.74 Å². The molecule has 2 aromatic carbocycles. The van der Waals surface area contributed by atoms with Gasteiger partial charge < -0.3 is 10.1 Å². The van der Waals surface area contributed by atoms with Crippen LogP contribution in [-0.2, 0) is 0 Å². The Morgan fingerprint density at radius 3 is 2.38 bits per heavy atom. The zero-order valence-corrected chi connectivity index (χ0v) is 15.1. The molecular formula is C17H19ClINO. The molecule has 0 heterocycles. The second-order valence-electron chi connectivity index (χ2n) is 4.83. The van der Waals surface area contributed by atoms with Crippen LogP contribution in [0.15, 0.2) is 42.5 Å². The fourth-order valence-electron chi connectivity index (χ4n) is 2.21. The fourth-order valence-corrected chi connectivity index (χ4v) is 2.73. The molecule has 0 saturated heterocycles. The molecule has 0 aliphatic carbocycles. The lowest BCUT2D eigenvalue weighted by Crippen LogP contribution is -2.23. The predicted molar refractivity (Wildman–Crippen MR) is 97.3 cm³/mol. The normalized spacial score (nSPS) is 12.2. The third-order valence-electron chi connectivity index (χ3n) is 3.32. The lowest BCUT2D eigenvalue weighted by Gasteiger charge is -2.20. The van der Waals surface area contributed by atoms with Gasteiger partial charge in [0.05, 0.1) is 18.2 Å². The lowest BCUT2D eigenvalue weighted by atomic mass is 9.98. The molecule has 2 rings (SSSR count). The van der Waals surface area contributed by atoms with Crippen LogP contribution in [0.2, 0.25) is 5.02 Å². The Morgan fingerprint density at radius 1 is 1.14 bits per heavy atom. The summed E-state index contributed by atoms with van der Waals surface area (Å²) in [5.41, 5.74) is 2.39. The van der Waals surface area contributed by atoms with Gasteiger partial charge in [0.15, 0.2) is 0 Å². The summed E-state index contributed by atoms with van der Waals surface area (Å²) in [6, 6.07) is 14.5. The maximum atomic E-state index is 6.27. The van der Waals surface area contributed by atoms with Gasteiger partial charge in [0, 0.05) is 3.57 Å². The van der Waals surface area contributed by atoms with Gasteiger partial charge in [0.2, 0.25) is 0 Å². The molecule has 0 amide bonds. The van der Waals surface area contributed by atoms with E-state index in [0.717, 1.165) is 27.3 Å². The van der Waals surface area contributed by atoms with Crippen molar-refractivity contribution in [2.45, 2.75) is 19.4 Å². The van der Waals surface area contributed by atoms with Gasteiger partial charge in [0.25, 0.3) is 0 Å². The Bertz CT molecular complexity index is 586. The molecule has 0 aliphatic rings. The van der Waals surface area contributed by atoms with Crippen molar-refractivity contribution in [2.75, 3.05) is 13.7 Å². The van der Waals surface area contributed by atoms with Gasteiger partial charge in [0.1, 0.15) is 5.75 Å². The first kappa shape index (κ1) is 16.6. The molecule has 0 spiro atoms. The molecule has 0 bridgehead atoms. The summed E-state index contributed by atoms with van der Waals surface area (Å²) in [5, 5.41) is 4.38. The average Bonchev–Trinajstić information content (AvgIpc) is 2.51. The molecule has 2 nitrogen and oxygen atoms in total. The Balaban J connectivity index is 2.33. The second kappa shape index (κ2) is 8.01. The van der Waals surface area contributed by atoms with Gasteiger partial charge >= 0.3 is 0 Å². The smallest absolute Gasteiger partial charge is 0.118 e. The molecule has 1 atom stereocenters. The number of hydrogen-bond donors (Lipinski definition) is 1. The molecule has 0 aliphatic heterocycles. The molecule has 21 heavy (non-hydrogen) atoms. The minimum atomic E-state index is 0.144.